The third-order valence-electron chi connectivity index (χ3n) is 7.71. The van der Waals surface area contributed by atoms with Gasteiger partial charge in [0.25, 0.3) is 0 Å². The molecule has 2 aliphatic rings. The lowest BCUT2D eigenvalue weighted by Crippen LogP contribution is -2.29. The van der Waals surface area contributed by atoms with Crippen molar-refractivity contribution in [2.24, 2.45) is 0 Å². The highest BCUT2D eigenvalue weighted by Crippen LogP contribution is 2.38. The fourth-order valence-corrected chi connectivity index (χ4v) is 5.83. The monoisotopic (exact) mass is 418 g/mol. The number of hydrogen-bond acceptors (Lipinski definition) is 1. The van der Waals surface area contributed by atoms with E-state index < -0.39 is 0 Å². The van der Waals surface area contributed by atoms with Crippen LogP contribution in [0.3, 0.4) is 0 Å². The molecule has 0 bridgehead atoms. The lowest BCUT2D eigenvalue weighted by molar-refractivity contribution is -0.0492. The van der Waals surface area contributed by atoms with E-state index in [2.05, 4.69) is 62.4 Å². The van der Waals surface area contributed by atoms with Crippen LogP contribution in [0.25, 0.3) is 0 Å². The maximum Gasteiger partial charge on any atom is 0.0579 e. The minimum atomic E-state index is 0.491. The van der Waals surface area contributed by atoms with Crippen LogP contribution in [0.15, 0.2) is 48.5 Å². The second-order valence-electron chi connectivity index (χ2n) is 10.1. The van der Waals surface area contributed by atoms with Crippen molar-refractivity contribution in [2.75, 3.05) is 0 Å². The summed E-state index contributed by atoms with van der Waals surface area (Å²) in [7, 11) is 0. The minimum Gasteiger partial charge on any atom is -0.375 e. The van der Waals surface area contributed by atoms with E-state index in [0.717, 1.165) is 11.8 Å². The van der Waals surface area contributed by atoms with Gasteiger partial charge in [0.15, 0.2) is 0 Å². The van der Waals surface area contributed by atoms with Crippen LogP contribution in [0.5, 0.6) is 0 Å². The van der Waals surface area contributed by atoms with Crippen LogP contribution >= 0.6 is 0 Å². The molecule has 1 heteroatoms. The molecule has 0 radical (unpaired) electrons. The Hall–Kier alpha value is -1.60. The molecule has 0 heterocycles. The van der Waals surface area contributed by atoms with E-state index in [0.29, 0.717) is 12.2 Å². The minimum absolute atomic E-state index is 0.491. The van der Waals surface area contributed by atoms with Crippen LogP contribution in [0.1, 0.15) is 112 Å². The smallest absolute Gasteiger partial charge is 0.0579 e. The number of ether oxygens (including phenoxy) is 1. The third kappa shape index (κ3) is 6.22. The van der Waals surface area contributed by atoms with Crippen molar-refractivity contribution in [3.63, 3.8) is 0 Å². The van der Waals surface area contributed by atoms with Crippen LogP contribution in [0, 0.1) is 0 Å². The average molecular weight is 419 g/mol. The van der Waals surface area contributed by atoms with Gasteiger partial charge in [0.2, 0.25) is 0 Å². The van der Waals surface area contributed by atoms with Gasteiger partial charge in [-0.15, -0.1) is 0 Å². The highest BCUT2D eigenvalue weighted by atomic mass is 16.5. The maximum atomic E-state index is 6.60. The Labute approximate surface area is 190 Å². The van der Waals surface area contributed by atoms with Crippen LogP contribution in [0.4, 0.5) is 0 Å². The van der Waals surface area contributed by atoms with Crippen LogP contribution in [-0.2, 0) is 17.6 Å². The van der Waals surface area contributed by atoms with Gasteiger partial charge in [0.1, 0.15) is 0 Å². The van der Waals surface area contributed by atoms with Gasteiger partial charge in [-0.25, -0.2) is 0 Å². The molecular weight excluding hydrogens is 376 g/mol. The Morgan fingerprint density at radius 1 is 0.548 bits per heavy atom. The molecule has 2 aliphatic carbocycles. The molecule has 2 fully saturated rings. The lowest BCUT2D eigenvalue weighted by atomic mass is 9.81. The van der Waals surface area contributed by atoms with Crippen molar-refractivity contribution >= 4 is 0 Å². The molecule has 2 saturated carbocycles. The molecule has 0 saturated heterocycles. The van der Waals surface area contributed by atoms with Gasteiger partial charge in [-0.1, -0.05) is 75.2 Å². The summed E-state index contributed by atoms with van der Waals surface area (Å²) in [6, 6.07) is 18.9. The standard InChI is InChI=1S/C30H42O/c1-3-5-23-7-11-25(12-8-23)27-15-19-29(20-16-27)31-30-21-17-28(18-22-30)26-13-9-24(6-4-2)10-14-26/h7-14,27-30H,3-6,15-22H2,1-2H3. The normalized spacial score (nSPS) is 26.6. The number of aryl methyl sites for hydroxylation is 2. The van der Waals surface area contributed by atoms with E-state index in [1.807, 2.05) is 0 Å². The first-order valence-electron chi connectivity index (χ1n) is 13.1. The van der Waals surface area contributed by atoms with Crippen molar-refractivity contribution in [1.82, 2.24) is 0 Å². The zero-order chi connectivity index (χ0) is 21.5. The van der Waals surface area contributed by atoms with Crippen molar-refractivity contribution < 1.29 is 4.74 Å². The lowest BCUT2D eigenvalue weighted by Gasteiger charge is -2.35. The Balaban J connectivity index is 1.19. The summed E-state index contributed by atoms with van der Waals surface area (Å²) in [6.07, 6.45) is 15.9. The quantitative estimate of drug-likeness (QED) is 0.418. The van der Waals surface area contributed by atoms with Gasteiger partial charge in [0, 0.05) is 0 Å². The Kier molecular flexibility index (Phi) is 8.25. The highest BCUT2D eigenvalue weighted by Gasteiger charge is 2.28. The van der Waals surface area contributed by atoms with Crippen molar-refractivity contribution in [1.29, 1.82) is 0 Å². The molecule has 2 aromatic carbocycles. The van der Waals surface area contributed by atoms with Crippen LogP contribution in [0.2, 0.25) is 0 Å². The Bertz CT molecular complexity index is 692. The zero-order valence-corrected chi connectivity index (χ0v) is 19.8. The number of benzene rings is 2. The summed E-state index contributed by atoms with van der Waals surface area (Å²) in [5.74, 6) is 1.48. The molecule has 31 heavy (non-hydrogen) atoms. The Morgan fingerprint density at radius 2 is 0.903 bits per heavy atom. The summed E-state index contributed by atoms with van der Waals surface area (Å²) in [4.78, 5) is 0. The molecule has 0 aliphatic heterocycles. The van der Waals surface area contributed by atoms with E-state index in [9.17, 15) is 0 Å². The molecule has 1 nitrogen and oxygen atoms in total. The molecule has 4 rings (SSSR count). The van der Waals surface area contributed by atoms with Crippen molar-refractivity contribution in [2.45, 2.75) is 115 Å². The maximum absolute atomic E-state index is 6.60. The van der Waals surface area contributed by atoms with Gasteiger partial charge in [-0.05, 0) is 98.3 Å². The SMILES string of the molecule is CCCc1ccc(C2CCC(OC3CCC(c4ccc(CCC)cc4)CC3)CC2)cc1. The molecule has 0 aromatic heterocycles. The molecule has 2 aromatic rings. The first-order valence-corrected chi connectivity index (χ1v) is 13.1. The van der Waals surface area contributed by atoms with E-state index in [-0.39, 0.29) is 0 Å². The van der Waals surface area contributed by atoms with Crippen LogP contribution < -0.4 is 0 Å². The molecular formula is C30H42O. The van der Waals surface area contributed by atoms with Crippen molar-refractivity contribution in [3.8, 4) is 0 Å². The Morgan fingerprint density at radius 3 is 1.23 bits per heavy atom. The van der Waals surface area contributed by atoms with Gasteiger partial charge < -0.3 is 4.74 Å². The summed E-state index contributed by atoms with van der Waals surface area (Å²) < 4.78 is 6.60. The highest BCUT2D eigenvalue weighted by molar-refractivity contribution is 5.27. The zero-order valence-electron chi connectivity index (χ0n) is 19.8. The van der Waals surface area contributed by atoms with Gasteiger partial charge in [-0.2, -0.15) is 0 Å². The average Bonchev–Trinajstić information content (AvgIpc) is 2.82. The fourth-order valence-electron chi connectivity index (χ4n) is 5.83. The number of hydrogen-bond donors (Lipinski definition) is 0. The van der Waals surface area contributed by atoms with E-state index in [1.54, 1.807) is 11.1 Å². The fraction of sp³-hybridized carbons (Fsp3) is 0.600. The van der Waals surface area contributed by atoms with Gasteiger partial charge >= 0.3 is 0 Å². The van der Waals surface area contributed by atoms with Gasteiger partial charge in [-0.3, -0.25) is 0 Å². The van der Waals surface area contributed by atoms with Crippen molar-refractivity contribution in [3.05, 3.63) is 70.8 Å². The van der Waals surface area contributed by atoms with Crippen LogP contribution in [-0.4, -0.2) is 12.2 Å². The summed E-state index contributed by atoms with van der Waals surface area (Å²) >= 11 is 0. The first-order chi connectivity index (χ1) is 15.2. The van der Waals surface area contributed by atoms with E-state index in [4.69, 9.17) is 4.74 Å². The molecule has 0 spiro atoms. The molecule has 0 amide bonds. The summed E-state index contributed by atoms with van der Waals surface area (Å²) in [5.41, 5.74) is 6.05. The second-order valence-corrected chi connectivity index (χ2v) is 10.1. The third-order valence-corrected chi connectivity index (χ3v) is 7.71. The summed E-state index contributed by atoms with van der Waals surface area (Å²) in [5, 5.41) is 0. The molecule has 0 atom stereocenters. The molecule has 0 N–H and O–H groups in total. The predicted octanol–water partition coefficient (Wildman–Crippen LogP) is 8.36. The number of rotatable bonds is 8. The van der Waals surface area contributed by atoms with Gasteiger partial charge in [0.05, 0.1) is 12.2 Å². The second kappa shape index (κ2) is 11.3. The summed E-state index contributed by atoms with van der Waals surface area (Å²) in [6.45, 7) is 4.51. The topological polar surface area (TPSA) is 9.23 Å². The van der Waals surface area contributed by atoms with E-state index >= 15 is 0 Å². The molecule has 168 valence electrons. The van der Waals surface area contributed by atoms with E-state index in [1.165, 1.54) is 88.2 Å². The predicted molar refractivity (Wildman–Crippen MR) is 132 cm³/mol. The first kappa shape index (κ1) is 22.6. The largest absolute Gasteiger partial charge is 0.375 e. The molecule has 0 unspecified atom stereocenters.